The normalized spacial score (nSPS) is 10.3. The topological polar surface area (TPSA) is 17.1 Å². The summed E-state index contributed by atoms with van der Waals surface area (Å²) in [5.41, 5.74) is 1.29. The highest BCUT2D eigenvalue weighted by Gasteiger charge is 2.07. The summed E-state index contributed by atoms with van der Waals surface area (Å²) in [6, 6.07) is 9.71. The zero-order valence-electron chi connectivity index (χ0n) is 9.21. The van der Waals surface area contributed by atoms with Gasteiger partial charge < -0.3 is 0 Å². The van der Waals surface area contributed by atoms with Crippen LogP contribution in [0.25, 0.3) is 11.1 Å². The summed E-state index contributed by atoms with van der Waals surface area (Å²) in [5, 5.41) is 0. The van der Waals surface area contributed by atoms with E-state index in [-0.39, 0.29) is 11.3 Å². The fourth-order valence-electron chi connectivity index (χ4n) is 1.60. The molecule has 0 aromatic heterocycles. The number of hydrogen-bond acceptors (Lipinski definition) is 1. The van der Waals surface area contributed by atoms with E-state index >= 15 is 0 Å². The van der Waals surface area contributed by atoms with E-state index in [9.17, 15) is 13.6 Å². The molecule has 1 nitrogen and oxygen atoms in total. The summed E-state index contributed by atoms with van der Waals surface area (Å²) < 4.78 is 26.5. The molecule has 2 rings (SSSR count). The first-order valence-electron chi connectivity index (χ1n) is 5.14. The molecule has 0 fully saturated rings. The number of halogens is 2. The maximum absolute atomic E-state index is 13.5. The van der Waals surface area contributed by atoms with Crippen LogP contribution in [0.5, 0.6) is 0 Å². The van der Waals surface area contributed by atoms with E-state index in [1.165, 1.54) is 6.92 Å². The van der Waals surface area contributed by atoms with Gasteiger partial charge in [0, 0.05) is 11.1 Å². The van der Waals surface area contributed by atoms with Gasteiger partial charge in [-0.2, -0.15) is 0 Å². The SMILES string of the molecule is CC(=O)c1ccc(-c2cc(F)ccc2F)cc1. The van der Waals surface area contributed by atoms with Gasteiger partial charge in [0.25, 0.3) is 0 Å². The Labute approximate surface area is 97.7 Å². The third kappa shape index (κ3) is 2.38. The lowest BCUT2D eigenvalue weighted by molar-refractivity contribution is 0.101. The minimum atomic E-state index is -0.489. The zero-order valence-corrected chi connectivity index (χ0v) is 9.21. The number of hydrogen-bond donors (Lipinski definition) is 0. The number of benzene rings is 2. The average molecular weight is 232 g/mol. The molecule has 2 aromatic rings. The molecule has 0 atom stereocenters. The third-order valence-electron chi connectivity index (χ3n) is 2.53. The maximum atomic E-state index is 13.5. The molecule has 0 amide bonds. The van der Waals surface area contributed by atoms with Crippen LogP contribution in [0, 0.1) is 11.6 Å². The lowest BCUT2D eigenvalue weighted by Gasteiger charge is -2.04. The summed E-state index contributed by atoms with van der Waals surface area (Å²) in [7, 11) is 0. The fraction of sp³-hybridized carbons (Fsp3) is 0.0714. The van der Waals surface area contributed by atoms with Gasteiger partial charge in [0.2, 0.25) is 0 Å². The molecule has 0 aliphatic carbocycles. The molecule has 0 heterocycles. The van der Waals surface area contributed by atoms with Gasteiger partial charge in [-0.15, -0.1) is 0 Å². The summed E-state index contributed by atoms with van der Waals surface area (Å²) in [4.78, 5) is 11.1. The summed E-state index contributed by atoms with van der Waals surface area (Å²) >= 11 is 0. The quantitative estimate of drug-likeness (QED) is 0.719. The van der Waals surface area contributed by atoms with Gasteiger partial charge >= 0.3 is 0 Å². The fourth-order valence-corrected chi connectivity index (χ4v) is 1.60. The van der Waals surface area contributed by atoms with Gasteiger partial charge in [-0.1, -0.05) is 24.3 Å². The van der Waals surface area contributed by atoms with Crippen LogP contribution in [0.4, 0.5) is 8.78 Å². The molecule has 0 bridgehead atoms. The number of carbonyl (C=O) groups excluding carboxylic acids is 1. The van der Waals surface area contributed by atoms with Gasteiger partial charge in [-0.05, 0) is 30.7 Å². The summed E-state index contributed by atoms with van der Waals surface area (Å²) in [6.45, 7) is 1.46. The Bertz CT molecular complexity index is 559. The van der Waals surface area contributed by atoms with Crippen molar-refractivity contribution in [3.63, 3.8) is 0 Å². The predicted octanol–water partition coefficient (Wildman–Crippen LogP) is 3.83. The lowest BCUT2D eigenvalue weighted by Crippen LogP contribution is -1.92. The molecule has 0 unspecified atom stereocenters. The second-order valence-electron chi connectivity index (χ2n) is 3.76. The number of rotatable bonds is 2. The van der Waals surface area contributed by atoms with Crippen molar-refractivity contribution in [1.29, 1.82) is 0 Å². The molecular weight excluding hydrogens is 222 g/mol. The molecule has 3 heteroatoms. The van der Waals surface area contributed by atoms with Crippen LogP contribution in [0.1, 0.15) is 17.3 Å². The Kier molecular flexibility index (Phi) is 3.00. The van der Waals surface area contributed by atoms with Crippen LogP contribution in [0.2, 0.25) is 0 Å². The van der Waals surface area contributed by atoms with Crippen LogP contribution < -0.4 is 0 Å². The zero-order chi connectivity index (χ0) is 12.4. The van der Waals surface area contributed by atoms with Crippen LogP contribution in [-0.4, -0.2) is 5.78 Å². The molecule has 0 saturated carbocycles. The molecule has 0 saturated heterocycles. The van der Waals surface area contributed by atoms with Crippen molar-refractivity contribution in [3.05, 3.63) is 59.7 Å². The van der Waals surface area contributed by atoms with E-state index in [2.05, 4.69) is 0 Å². The summed E-state index contributed by atoms with van der Waals surface area (Å²) in [5.74, 6) is -1.03. The molecule has 0 N–H and O–H groups in total. The van der Waals surface area contributed by atoms with Crippen molar-refractivity contribution in [3.8, 4) is 11.1 Å². The standard InChI is InChI=1S/C14H10F2O/c1-9(17)10-2-4-11(5-3-10)13-8-12(15)6-7-14(13)16/h2-8H,1H3. The van der Waals surface area contributed by atoms with Crippen molar-refractivity contribution >= 4 is 5.78 Å². The Morgan fingerprint density at radius 1 is 1.00 bits per heavy atom. The van der Waals surface area contributed by atoms with Gasteiger partial charge in [-0.3, -0.25) is 4.79 Å². The van der Waals surface area contributed by atoms with Crippen molar-refractivity contribution in [2.24, 2.45) is 0 Å². The van der Waals surface area contributed by atoms with E-state index in [0.717, 1.165) is 18.2 Å². The Morgan fingerprint density at radius 2 is 1.65 bits per heavy atom. The second-order valence-corrected chi connectivity index (χ2v) is 3.76. The second kappa shape index (κ2) is 4.45. The van der Waals surface area contributed by atoms with Crippen LogP contribution in [-0.2, 0) is 0 Å². The monoisotopic (exact) mass is 232 g/mol. The minimum absolute atomic E-state index is 0.0590. The molecule has 0 aliphatic heterocycles. The van der Waals surface area contributed by atoms with Gasteiger partial charge in [-0.25, -0.2) is 8.78 Å². The molecule has 17 heavy (non-hydrogen) atoms. The van der Waals surface area contributed by atoms with Gasteiger partial charge in [0.05, 0.1) is 0 Å². The van der Waals surface area contributed by atoms with Crippen molar-refractivity contribution in [1.82, 2.24) is 0 Å². The molecule has 0 spiro atoms. The van der Waals surface area contributed by atoms with Crippen molar-refractivity contribution < 1.29 is 13.6 Å². The molecule has 0 radical (unpaired) electrons. The van der Waals surface area contributed by atoms with E-state index in [4.69, 9.17) is 0 Å². The Balaban J connectivity index is 2.46. The van der Waals surface area contributed by atoms with E-state index < -0.39 is 11.6 Å². The average Bonchev–Trinajstić information content (AvgIpc) is 2.32. The van der Waals surface area contributed by atoms with Gasteiger partial charge in [0.15, 0.2) is 5.78 Å². The molecule has 86 valence electrons. The lowest BCUT2D eigenvalue weighted by atomic mass is 10.0. The minimum Gasteiger partial charge on any atom is -0.295 e. The largest absolute Gasteiger partial charge is 0.295 e. The molecule has 0 aliphatic rings. The van der Waals surface area contributed by atoms with Crippen LogP contribution in [0.3, 0.4) is 0 Å². The van der Waals surface area contributed by atoms with Crippen molar-refractivity contribution in [2.75, 3.05) is 0 Å². The Morgan fingerprint density at radius 3 is 2.24 bits per heavy atom. The predicted molar refractivity (Wildman–Crippen MR) is 61.8 cm³/mol. The van der Waals surface area contributed by atoms with E-state index in [0.29, 0.717) is 11.1 Å². The first-order valence-corrected chi connectivity index (χ1v) is 5.14. The van der Waals surface area contributed by atoms with Gasteiger partial charge in [0.1, 0.15) is 11.6 Å². The van der Waals surface area contributed by atoms with E-state index in [1.54, 1.807) is 24.3 Å². The highest BCUT2D eigenvalue weighted by atomic mass is 19.1. The highest BCUT2D eigenvalue weighted by Crippen LogP contribution is 2.24. The number of ketones is 1. The van der Waals surface area contributed by atoms with Crippen molar-refractivity contribution in [2.45, 2.75) is 6.92 Å². The maximum Gasteiger partial charge on any atom is 0.159 e. The number of Topliss-reactive ketones (excluding diaryl/α,β-unsaturated/α-hetero) is 1. The van der Waals surface area contributed by atoms with Crippen LogP contribution in [0.15, 0.2) is 42.5 Å². The third-order valence-corrected chi connectivity index (χ3v) is 2.53. The Hall–Kier alpha value is -2.03. The summed E-state index contributed by atoms with van der Waals surface area (Å²) in [6.07, 6.45) is 0. The first-order chi connectivity index (χ1) is 8.08. The molecular formula is C14H10F2O. The van der Waals surface area contributed by atoms with E-state index in [1.807, 2.05) is 0 Å². The highest BCUT2D eigenvalue weighted by molar-refractivity contribution is 5.94. The first kappa shape index (κ1) is 11.5. The van der Waals surface area contributed by atoms with Crippen LogP contribution >= 0.6 is 0 Å². The number of carbonyl (C=O) groups is 1. The smallest absolute Gasteiger partial charge is 0.159 e. The molecule has 2 aromatic carbocycles.